The van der Waals surface area contributed by atoms with Gasteiger partial charge in [0.25, 0.3) is 0 Å². The Bertz CT molecular complexity index is 384. The first-order chi connectivity index (χ1) is 6.88. The molecule has 0 rings (SSSR count). The van der Waals surface area contributed by atoms with Crippen molar-refractivity contribution in [2.75, 3.05) is 0 Å². The number of amides is 2. The largest absolute Gasteiger partial charge is 0.408 e. The number of nitrogens with zero attached hydrogens (tertiary/aromatic N) is 1. The SMILES string of the molecule is O=C(NO)/C(=N\O)OS(=O)(=O)C(=O)NO. The number of carbonyl (C=O) groups excluding carboxylic acids is 2. The summed E-state index contributed by atoms with van der Waals surface area (Å²) < 4.78 is 25.0. The average molecular weight is 243 g/mol. The van der Waals surface area contributed by atoms with E-state index in [4.69, 9.17) is 15.6 Å². The summed E-state index contributed by atoms with van der Waals surface area (Å²) in [6.45, 7) is 0. The Morgan fingerprint density at radius 1 is 1.20 bits per heavy atom. The molecule has 0 aliphatic rings. The molecule has 0 heterocycles. The fourth-order valence-corrected chi connectivity index (χ4v) is 0.850. The Morgan fingerprint density at radius 2 is 1.73 bits per heavy atom. The van der Waals surface area contributed by atoms with Crippen molar-refractivity contribution in [1.29, 1.82) is 0 Å². The zero-order chi connectivity index (χ0) is 12.1. The van der Waals surface area contributed by atoms with Gasteiger partial charge in [-0.05, 0) is 5.16 Å². The minimum absolute atomic E-state index is 0.709. The summed E-state index contributed by atoms with van der Waals surface area (Å²) in [6.07, 6.45) is 0. The van der Waals surface area contributed by atoms with Crippen LogP contribution >= 0.6 is 0 Å². The van der Waals surface area contributed by atoms with Gasteiger partial charge in [-0.15, -0.1) is 0 Å². The molecule has 11 nitrogen and oxygen atoms in total. The van der Waals surface area contributed by atoms with Crippen molar-refractivity contribution < 1.29 is 37.8 Å². The van der Waals surface area contributed by atoms with Crippen LogP contribution in [0.5, 0.6) is 0 Å². The maximum absolute atomic E-state index is 10.7. The molecule has 5 N–H and O–H groups in total. The summed E-state index contributed by atoms with van der Waals surface area (Å²) >= 11 is 0. The van der Waals surface area contributed by atoms with E-state index in [2.05, 4.69) is 4.18 Å². The van der Waals surface area contributed by atoms with Gasteiger partial charge in [0.2, 0.25) is 0 Å². The highest BCUT2D eigenvalue weighted by Gasteiger charge is 2.29. The summed E-state index contributed by atoms with van der Waals surface area (Å²) in [4.78, 5) is 20.9. The van der Waals surface area contributed by atoms with Gasteiger partial charge >= 0.3 is 27.2 Å². The fraction of sp³-hybridized carbons (Fsp3) is 0. The predicted octanol–water partition coefficient (Wildman–Crippen LogP) is -2.28. The highest BCUT2D eigenvalue weighted by Crippen LogP contribution is 1.96. The van der Waals surface area contributed by atoms with Gasteiger partial charge in [0, 0.05) is 0 Å². The maximum atomic E-state index is 10.7. The predicted molar refractivity (Wildman–Crippen MR) is 39.5 cm³/mol. The number of oxime groups is 1. The van der Waals surface area contributed by atoms with Crippen LogP contribution in [-0.2, 0) is 19.1 Å². The summed E-state index contributed by atoms with van der Waals surface area (Å²) in [5.74, 6) is -3.13. The molecule has 0 fully saturated rings. The van der Waals surface area contributed by atoms with Crippen LogP contribution < -0.4 is 11.0 Å². The molecule has 0 atom stereocenters. The molecule has 0 aliphatic carbocycles. The van der Waals surface area contributed by atoms with Crippen molar-refractivity contribution in [3.8, 4) is 0 Å². The smallest absolute Gasteiger partial charge is 0.398 e. The Labute approximate surface area is 82.0 Å². The topological polar surface area (TPSA) is 175 Å². The van der Waals surface area contributed by atoms with E-state index >= 15 is 0 Å². The van der Waals surface area contributed by atoms with Crippen LogP contribution in [0.2, 0.25) is 0 Å². The Hall–Kier alpha value is -1.92. The van der Waals surface area contributed by atoms with Gasteiger partial charge < -0.3 is 9.39 Å². The minimum Gasteiger partial charge on any atom is -0.408 e. The second kappa shape index (κ2) is 5.08. The van der Waals surface area contributed by atoms with E-state index in [0.29, 0.717) is 5.48 Å². The minimum atomic E-state index is -5.04. The molecule has 12 heteroatoms. The molecular weight excluding hydrogens is 238 g/mol. The fourth-order valence-electron chi connectivity index (χ4n) is 0.345. The van der Waals surface area contributed by atoms with E-state index in [1.807, 2.05) is 5.16 Å². The molecular formula is C3H5N3O8S. The lowest BCUT2D eigenvalue weighted by molar-refractivity contribution is -0.123. The van der Waals surface area contributed by atoms with Crippen molar-refractivity contribution in [3.05, 3.63) is 0 Å². The van der Waals surface area contributed by atoms with Crippen LogP contribution in [0.15, 0.2) is 5.16 Å². The molecule has 0 saturated carbocycles. The third kappa shape index (κ3) is 3.37. The van der Waals surface area contributed by atoms with Crippen LogP contribution in [0.1, 0.15) is 0 Å². The molecule has 0 radical (unpaired) electrons. The molecule has 0 saturated heterocycles. The van der Waals surface area contributed by atoms with Crippen molar-refractivity contribution in [2.45, 2.75) is 0 Å². The van der Waals surface area contributed by atoms with Crippen molar-refractivity contribution in [3.63, 3.8) is 0 Å². The van der Waals surface area contributed by atoms with Crippen LogP contribution in [-0.4, -0.2) is 41.1 Å². The number of hydrogen-bond donors (Lipinski definition) is 5. The monoisotopic (exact) mass is 243 g/mol. The number of hydroxylamine groups is 2. The van der Waals surface area contributed by atoms with E-state index in [-0.39, 0.29) is 0 Å². The number of hydrogen-bond acceptors (Lipinski definition) is 9. The number of nitrogens with one attached hydrogen (secondary N) is 2. The van der Waals surface area contributed by atoms with Gasteiger partial charge in [0.15, 0.2) is 0 Å². The van der Waals surface area contributed by atoms with Crippen molar-refractivity contribution in [1.82, 2.24) is 11.0 Å². The van der Waals surface area contributed by atoms with E-state index in [0.717, 1.165) is 5.48 Å². The highest BCUT2D eigenvalue weighted by molar-refractivity contribution is 8.02. The van der Waals surface area contributed by atoms with E-state index in [1.165, 1.54) is 0 Å². The quantitative estimate of drug-likeness (QED) is 0.0789. The van der Waals surface area contributed by atoms with Gasteiger partial charge in [-0.2, -0.15) is 8.42 Å². The van der Waals surface area contributed by atoms with Crippen LogP contribution in [0.4, 0.5) is 4.79 Å². The van der Waals surface area contributed by atoms with E-state index in [1.54, 1.807) is 0 Å². The van der Waals surface area contributed by atoms with E-state index < -0.39 is 27.2 Å². The van der Waals surface area contributed by atoms with Crippen molar-refractivity contribution in [2.24, 2.45) is 5.16 Å². The van der Waals surface area contributed by atoms with Gasteiger partial charge in [-0.25, -0.2) is 15.8 Å². The lowest BCUT2D eigenvalue weighted by Gasteiger charge is -2.03. The Kier molecular flexibility index (Phi) is 4.43. The standard InChI is InChI=1S/C3H5N3O8S/c7-1(4-9)2(5-10)14-15(12,13)3(8)6-11/h9-11H,(H,4,7)(H,6,8)/b5-2+. The molecule has 15 heavy (non-hydrogen) atoms. The van der Waals surface area contributed by atoms with Gasteiger partial charge in [-0.3, -0.25) is 15.2 Å². The Morgan fingerprint density at radius 3 is 2.07 bits per heavy atom. The molecule has 86 valence electrons. The zero-order valence-corrected chi connectivity index (χ0v) is 7.55. The second-order valence-corrected chi connectivity index (χ2v) is 3.23. The van der Waals surface area contributed by atoms with Crippen molar-refractivity contribution >= 4 is 27.2 Å². The van der Waals surface area contributed by atoms with Crippen LogP contribution in [0.25, 0.3) is 0 Å². The third-order valence-electron chi connectivity index (χ3n) is 0.894. The van der Waals surface area contributed by atoms with Crippen LogP contribution in [0, 0.1) is 0 Å². The maximum Gasteiger partial charge on any atom is 0.398 e. The molecule has 0 bridgehead atoms. The first kappa shape index (κ1) is 13.1. The van der Waals surface area contributed by atoms with E-state index in [9.17, 15) is 18.0 Å². The highest BCUT2D eigenvalue weighted by atomic mass is 32.2. The molecule has 2 amide bonds. The summed E-state index contributed by atoms with van der Waals surface area (Å²) in [6, 6.07) is 0. The molecule has 0 aromatic heterocycles. The van der Waals surface area contributed by atoms with Gasteiger partial charge in [-0.1, -0.05) is 0 Å². The average Bonchev–Trinajstić information content (AvgIpc) is 2.23. The third-order valence-corrected chi connectivity index (χ3v) is 1.82. The first-order valence-electron chi connectivity index (χ1n) is 2.94. The summed E-state index contributed by atoms with van der Waals surface area (Å²) in [5.41, 5.74) is 1.59. The Balaban J connectivity index is 4.87. The molecule has 0 aliphatic heterocycles. The van der Waals surface area contributed by atoms with Crippen LogP contribution in [0.3, 0.4) is 0 Å². The summed E-state index contributed by atoms with van der Waals surface area (Å²) in [5, 5.41) is 24.1. The lowest BCUT2D eigenvalue weighted by Crippen LogP contribution is -2.36. The lowest BCUT2D eigenvalue weighted by atomic mass is 10.6. The normalized spacial score (nSPS) is 11.7. The molecule has 0 unspecified atom stereocenters. The second-order valence-electron chi connectivity index (χ2n) is 1.78. The molecule has 0 aromatic carbocycles. The molecule has 0 spiro atoms. The van der Waals surface area contributed by atoms with Gasteiger partial charge in [0.05, 0.1) is 0 Å². The number of rotatable bonds is 0. The molecule has 0 aromatic rings. The first-order valence-corrected chi connectivity index (χ1v) is 4.35. The van der Waals surface area contributed by atoms with Gasteiger partial charge in [0.1, 0.15) is 0 Å². The number of carbonyl (C=O) groups is 2. The zero-order valence-electron chi connectivity index (χ0n) is 6.74. The summed E-state index contributed by atoms with van der Waals surface area (Å²) in [7, 11) is -5.04.